The minimum Gasteiger partial charge on any atom is -0.490 e. The van der Waals surface area contributed by atoms with E-state index in [0.717, 1.165) is 27.6 Å². The largest absolute Gasteiger partial charge is 0.490 e. The van der Waals surface area contributed by atoms with Gasteiger partial charge in [0.2, 0.25) is 0 Å². The number of ether oxygens (including phenoxy) is 2. The number of halogens is 1. The van der Waals surface area contributed by atoms with E-state index in [1.165, 1.54) is 11.8 Å². The molecule has 36 heavy (non-hydrogen) atoms. The van der Waals surface area contributed by atoms with E-state index in [4.69, 9.17) is 33.3 Å². The number of benzene rings is 4. The molecule has 1 aliphatic heterocycles. The average Bonchev–Trinajstić information content (AvgIpc) is 3.16. The Morgan fingerprint density at radius 2 is 1.72 bits per heavy atom. The van der Waals surface area contributed by atoms with Crippen LogP contribution in [0.3, 0.4) is 0 Å². The zero-order valence-corrected chi connectivity index (χ0v) is 21.8. The zero-order valence-electron chi connectivity index (χ0n) is 19.4. The predicted octanol–water partition coefficient (Wildman–Crippen LogP) is 7.88. The van der Waals surface area contributed by atoms with Gasteiger partial charge < -0.3 is 9.47 Å². The van der Waals surface area contributed by atoms with E-state index < -0.39 is 0 Å². The van der Waals surface area contributed by atoms with Crippen LogP contribution in [0.25, 0.3) is 16.8 Å². The van der Waals surface area contributed by atoms with Gasteiger partial charge in [0.15, 0.2) is 15.8 Å². The van der Waals surface area contributed by atoms with E-state index in [1.54, 1.807) is 17.0 Å². The molecule has 4 aromatic rings. The topological polar surface area (TPSA) is 38.8 Å². The van der Waals surface area contributed by atoms with Gasteiger partial charge in [-0.2, -0.15) is 0 Å². The number of hydrogen-bond acceptors (Lipinski definition) is 5. The number of carbonyl (C=O) groups is 1. The quantitative estimate of drug-likeness (QED) is 0.179. The number of amides is 1. The van der Waals surface area contributed by atoms with Crippen molar-refractivity contribution in [2.75, 3.05) is 11.5 Å². The first kappa shape index (κ1) is 24.4. The number of thioether (sulfide) groups is 1. The minimum atomic E-state index is -0.167. The molecule has 1 fully saturated rings. The molecule has 0 N–H and O–H groups in total. The number of fused-ring (bicyclic) bond motifs is 1. The zero-order chi connectivity index (χ0) is 25.1. The molecule has 1 saturated heterocycles. The van der Waals surface area contributed by atoms with Gasteiger partial charge in [0.05, 0.1) is 22.2 Å². The number of hydrogen-bond donors (Lipinski definition) is 0. The van der Waals surface area contributed by atoms with Gasteiger partial charge in [0.1, 0.15) is 6.61 Å². The van der Waals surface area contributed by atoms with Crippen LogP contribution in [0.4, 0.5) is 5.69 Å². The van der Waals surface area contributed by atoms with Crippen molar-refractivity contribution in [3.05, 3.63) is 106 Å². The van der Waals surface area contributed by atoms with Gasteiger partial charge in [-0.15, -0.1) is 0 Å². The Morgan fingerprint density at radius 3 is 2.53 bits per heavy atom. The third kappa shape index (κ3) is 4.98. The second-order valence-electron chi connectivity index (χ2n) is 8.05. The molecule has 7 heteroatoms. The first-order chi connectivity index (χ1) is 17.5. The highest BCUT2D eigenvalue weighted by Gasteiger charge is 2.34. The number of nitrogens with zero attached hydrogens (tertiary/aromatic N) is 1. The van der Waals surface area contributed by atoms with Crippen LogP contribution in [0.15, 0.2) is 89.8 Å². The molecule has 1 heterocycles. The van der Waals surface area contributed by atoms with Crippen molar-refractivity contribution in [3.8, 4) is 11.5 Å². The lowest BCUT2D eigenvalue weighted by molar-refractivity contribution is -0.113. The first-order valence-electron chi connectivity index (χ1n) is 11.4. The fraction of sp³-hybridized carbons (Fsp3) is 0.103. The van der Waals surface area contributed by atoms with Crippen LogP contribution in [-0.4, -0.2) is 16.8 Å². The van der Waals surface area contributed by atoms with Gasteiger partial charge in [0.25, 0.3) is 5.91 Å². The van der Waals surface area contributed by atoms with Crippen molar-refractivity contribution in [1.82, 2.24) is 0 Å². The maximum Gasteiger partial charge on any atom is 0.270 e. The Morgan fingerprint density at radius 1 is 0.972 bits per heavy atom. The fourth-order valence-corrected chi connectivity index (χ4v) is 5.59. The first-order valence-corrected chi connectivity index (χ1v) is 13.0. The molecular weight excluding hydrogens is 510 g/mol. The summed E-state index contributed by atoms with van der Waals surface area (Å²) in [4.78, 5) is 15.6. The summed E-state index contributed by atoms with van der Waals surface area (Å²) in [5, 5.41) is 2.43. The molecule has 0 aromatic heterocycles. The van der Waals surface area contributed by atoms with Crippen LogP contribution in [0.5, 0.6) is 11.5 Å². The van der Waals surface area contributed by atoms with Gasteiger partial charge >= 0.3 is 0 Å². The minimum absolute atomic E-state index is 0.167. The Bertz CT molecular complexity index is 1480. The summed E-state index contributed by atoms with van der Waals surface area (Å²) >= 11 is 13.5. The van der Waals surface area contributed by atoms with E-state index >= 15 is 0 Å². The van der Waals surface area contributed by atoms with Crippen molar-refractivity contribution in [2.45, 2.75) is 13.5 Å². The van der Waals surface area contributed by atoms with Crippen molar-refractivity contribution < 1.29 is 14.3 Å². The lowest BCUT2D eigenvalue weighted by atomic mass is 10.1. The molecular formula is C29H22ClNO3S2. The molecule has 1 aliphatic rings. The average molecular weight is 532 g/mol. The summed E-state index contributed by atoms with van der Waals surface area (Å²) < 4.78 is 12.3. The fourth-order valence-electron chi connectivity index (χ4n) is 4.03. The maximum atomic E-state index is 13.4. The Kier molecular flexibility index (Phi) is 7.28. The van der Waals surface area contributed by atoms with Gasteiger partial charge in [-0.05, 0) is 47.7 Å². The summed E-state index contributed by atoms with van der Waals surface area (Å²) in [5.74, 6) is 0.833. The molecule has 0 saturated carbocycles. The molecule has 0 unspecified atom stereocenters. The smallest absolute Gasteiger partial charge is 0.270 e. The van der Waals surface area contributed by atoms with E-state index in [1.807, 2.05) is 85.8 Å². The SMILES string of the molecule is CCOc1cc(/C=C2/SC(=S)N(c3cccc4ccccc34)C2=O)cc(Cl)c1OCc1ccccc1. The molecule has 0 bridgehead atoms. The summed E-state index contributed by atoms with van der Waals surface area (Å²) in [6, 6.07) is 27.3. The third-order valence-corrected chi connectivity index (χ3v) is 7.24. The summed E-state index contributed by atoms with van der Waals surface area (Å²) in [6.45, 7) is 2.71. The number of rotatable bonds is 7. The summed E-state index contributed by atoms with van der Waals surface area (Å²) in [5.41, 5.74) is 2.53. The Balaban J connectivity index is 1.45. The number of carbonyl (C=O) groups excluding carboxylic acids is 1. The molecule has 1 amide bonds. The molecule has 0 atom stereocenters. The molecule has 0 radical (unpaired) electrons. The normalized spacial score (nSPS) is 14.6. The van der Waals surface area contributed by atoms with E-state index in [0.29, 0.717) is 39.0 Å². The van der Waals surface area contributed by atoms with Crippen LogP contribution in [0, 0.1) is 0 Å². The monoisotopic (exact) mass is 531 g/mol. The highest BCUT2D eigenvalue weighted by Crippen LogP contribution is 2.41. The lowest BCUT2D eigenvalue weighted by Gasteiger charge is -2.17. The molecule has 4 nitrogen and oxygen atoms in total. The summed E-state index contributed by atoms with van der Waals surface area (Å²) in [7, 11) is 0. The van der Waals surface area contributed by atoms with Gasteiger partial charge in [-0.25, -0.2) is 0 Å². The van der Waals surface area contributed by atoms with Crippen LogP contribution in [0.2, 0.25) is 5.02 Å². The molecule has 4 aromatic carbocycles. The highest BCUT2D eigenvalue weighted by molar-refractivity contribution is 8.27. The second kappa shape index (κ2) is 10.7. The number of thiocarbonyl (C=S) groups is 1. The Labute approximate surface area is 224 Å². The third-order valence-electron chi connectivity index (χ3n) is 5.66. The molecule has 0 spiro atoms. The van der Waals surface area contributed by atoms with Crippen molar-refractivity contribution in [2.24, 2.45) is 0 Å². The van der Waals surface area contributed by atoms with E-state index in [2.05, 4.69) is 0 Å². The van der Waals surface area contributed by atoms with E-state index in [9.17, 15) is 4.79 Å². The maximum absolute atomic E-state index is 13.4. The number of anilines is 1. The van der Waals surface area contributed by atoms with Crippen molar-refractivity contribution in [1.29, 1.82) is 0 Å². The van der Waals surface area contributed by atoms with Crippen molar-refractivity contribution >= 4 is 68.3 Å². The molecule has 180 valence electrons. The van der Waals surface area contributed by atoms with Crippen molar-refractivity contribution in [3.63, 3.8) is 0 Å². The standard InChI is InChI=1S/C29H22ClNO3S2/c1-2-33-25-16-20(15-23(30)27(25)34-18-19-9-4-3-5-10-19)17-26-28(32)31(29(35)36-26)24-14-8-12-21-11-6-7-13-22(21)24/h3-17H,2,18H2,1H3/b26-17+. The summed E-state index contributed by atoms with van der Waals surface area (Å²) in [6.07, 6.45) is 1.79. The second-order valence-corrected chi connectivity index (χ2v) is 10.1. The lowest BCUT2D eigenvalue weighted by Crippen LogP contribution is -2.27. The predicted molar refractivity (Wildman–Crippen MR) is 153 cm³/mol. The Hall–Kier alpha value is -3.32. The van der Waals surface area contributed by atoms with E-state index in [-0.39, 0.29) is 5.91 Å². The van der Waals surface area contributed by atoms with Crippen LogP contribution >= 0.6 is 35.6 Å². The highest BCUT2D eigenvalue weighted by atomic mass is 35.5. The van der Waals surface area contributed by atoms with Crippen LogP contribution in [-0.2, 0) is 11.4 Å². The van der Waals surface area contributed by atoms with Crippen LogP contribution in [0.1, 0.15) is 18.1 Å². The molecule has 0 aliphatic carbocycles. The van der Waals surface area contributed by atoms with Gasteiger partial charge in [0, 0.05) is 5.39 Å². The van der Waals surface area contributed by atoms with Gasteiger partial charge in [-0.1, -0.05) is 102 Å². The van der Waals surface area contributed by atoms with Gasteiger partial charge in [-0.3, -0.25) is 9.69 Å². The van der Waals surface area contributed by atoms with Crippen LogP contribution < -0.4 is 14.4 Å². The molecule has 5 rings (SSSR count).